The van der Waals surface area contributed by atoms with Crippen molar-refractivity contribution in [2.75, 3.05) is 21.3 Å². The van der Waals surface area contributed by atoms with Gasteiger partial charge in [-0.3, -0.25) is 4.79 Å². The summed E-state index contributed by atoms with van der Waals surface area (Å²) in [5.41, 5.74) is 4.16. The minimum atomic E-state index is -0.562. The minimum absolute atomic E-state index is 0.0319. The number of ether oxygens (including phenoxy) is 3. The summed E-state index contributed by atoms with van der Waals surface area (Å²) in [4.78, 5) is 26.2. The molecule has 7 heteroatoms. The van der Waals surface area contributed by atoms with E-state index in [1.54, 1.807) is 38.5 Å². The van der Waals surface area contributed by atoms with Gasteiger partial charge in [0.2, 0.25) is 0 Å². The van der Waals surface area contributed by atoms with Gasteiger partial charge in [-0.25, -0.2) is 4.79 Å². The topological polar surface area (TPSA) is 94.1 Å². The zero-order valence-electron chi connectivity index (χ0n) is 19.1. The van der Waals surface area contributed by atoms with Gasteiger partial charge in [-0.2, -0.15) is 0 Å². The van der Waals surface area contributed by atoms with E-state index in [2.05, 4.69) is 5.32 Å². The quantitative estimate of drug-likeness (QED) is 0.668. The summed E-state index contributed by atoms with van der Waals surface area (Å²) >= 11 is 0. The average molecular weight is 450 g/mol. The first-order valence-corrected chi connectivity index (χ1v) is 10.7. The van der Waals surface area contributed by atoms with Crippen molar-refractivity contribution < 1.29 is 28.9 Å². The van der Waals surface area contributed by atoms with E-state index in [0.717, 1.165) is 16.8 Å². The average Bonchev–Trinajstić information content (AvgIpc) is 2.82. The number of hydrogen-bond donors (Lipinski definition) is 2. The third-order valence-corrected chi connectivity index (χ3v) is 6.34. The fourth-order valence-corrected chi connectivity index (χ4v) is 4.76. The fraction of sp³-hybridized carbons (Fsp3) is 0.308. The van der Waals surface area contributed by atoms with Gasteiger partial charge in [-0.05, 0) is 54.7 Å². The first-order valence-electron chi connectivity index (χ1n) is 10.7. The Balaban J connectivity index is 1.77. The SMILES string of the molecule is COC(=O)C1=C(C)NC2=C(C(=O)C[C@@H](c3ccc(OC)c(OC)c3)C2)[C@H]1c1ccc(O)cc1. The lowest BCUT2D eigenvalue weighted by Crippen LogP contribution is -2.36. The summed E-state index contributed by atoms with van der Waals surface area (Å²) in [6, 6.07) is 12.3. The van der Waals surface area contributed by atoms with E-state index < -0.39 is 11.9 Å². The maximum absolute atomic E-state index is 13.5. The highest BCUT2D eigenvalue weighted by molar-refractivity contribution is 6.04. The molecular formula is C26H27NO6. The summed E-state index contributed by atoms with van der Waals surface area (Å²) in [5, 5.41) is 13.0. The molecule has 2 aromatic rings. The van der Waals surface area contributed by atoms with Gasteiger partial charge in [-0.1, -0.05) is 18.2 Å². The molecule has 0 unspecified atom stereocenters. The van der Waals surface area contributed by atoms with Crippen LogP contribution in [-0.4, -0.2) is 38.2 Å². The monoisotopic (exact) mass is 449 g/mol. The maximum Gasteiger partial charge on any atom is 0.336 e. The highest BCUT2D eigenvalue weighted by atomic mass is 16.5. The Morgan fingerprint density at radius 1 is 0.970 bits per heavy atom. The Morgan fingerprint density at radius 3 is 2.27 bits per heavy atom. The number of carbonyl (C=O) groups is 2. The molecule has 0 fully saturated rings. The molecule has 0 aromatic heterocycles. The molecule has 0 radical (unpaired) electrons. The van der Waals surface area contributed by atoms with Crippen LogP contribution >= 0.6 is 0 Å². The molecule has 2 aliphatic rings. The van der Waals surface area contributed by atoms with E-state index in [-0.39, 0.29) is 17.5 Å². The highest BCUT2D eigenvalue weighted by Gasteiger charge is 2.41. The van der Waals surface area contributed by atoms with Crippen molar-refractivity contribution >= 4 is 11.8 Å². The Morgan fingerprint density at radius 2 is 1.64 bits per heavy atom. The third-order valence-electron chi connectivity index (χ3n) is 6.34. The van der Waals surface area contributed by atoms with Crippen molar-refractivity contribution in [3.05, 3.63) is 76.1 Å². The lowest BCUT2D eigenvalue weighted by Gasteiger charge is -2.36. The summed E-state index contributed by atoms with van der Waals surface area (Å²) < 4.78 is 15.8. The predicted octanol–water partition coefficient (Wildman–Crippen LogP) is 3.94. The summed E-state index contributed by atoms with van der Waals surface area (Å²) in [6.07, 6.45) is 0.912. The number of rotatable bonds is 5. The van der Waals surface area contributed by atoms with Crippen molar-refractivity contribution in [1.29, 1.82) is 0 Å². The molecule has 1 aliphatic carbocycles. The second-order valence-corrected chi connectivity index (χ2v) is 8.21. The van der Waals surface area contributed by atoms with Gasteiger partial charge < -0.3 is 24.6 Å². The second-order valence-electron chi connectivity index (χ2n) is 8.21. The predicted molar refractivity (Wildman–Crippen MR) is 122 cm³/mol. The van der Waals surface area contributed by atoms with Crippen molar-refractivity contribution in [2.24, 2.45) is 0 Å². The first kappa shape index (κ1) is 22.5. The molecule has 33 heavy (non-hydrogen) atoms. The normalized spacial score (nSPS) is 20.2. The number of phenolic OH excluding ortho intramolecular Hbond substituents is 1. The van der Waals surface area contributed by atoms with Crippen LogP contribution in [0.3, 0.4) is 0 Å². The number of allylic oxidation sites excluding steroid dienone is 3. The van der Waals surface area contributed by atoms with Crippen molar-refractivity contribution in [3.63, 3.8) is 0 Å². The van der Waals surface area contributed by atoms with Crippen LogP contribution < -0.4 is 14.8 Å². The van der Waals surface area contributed by atoms with Gasteiger partial charge in [0.15, 0.2) is 17.3 Å². The molecule has 7 nitrogen and oxygen atoms in total. The van der Waals surface area contributed by atoms with E-state index in [1.165, 1.54) is 7.11 Å². The summed E-state index contributed by atoms with van der Waals surface area (Å²) in [5.74, 6) is 0.239. The van der Waals surface area contributed by atoms with Crippen LogP contribution in [0.25, 0.3) is 0 Å². The number of Topliss-reactive ketones (excluding diaryl/α,β-unsaturated/α-hetero) is 1. The Labute approximate surface area is 192 Å². The zero-order valence-corrected chi connectivity index (χ0v) is 19.1. The molecule has 0 saturated heterocycles. The third kappa shape index (κ3) is 4.06. The van der Waals surface area contributed by atoms with E-state index in [4.69, 9.17) is 14.2 Å². The van der Waals surface area contributed by atoms with Crippen LogP contribution in [0.2, 0.25) is 0 Å². The number of hydrogen-bond acceptors (Lipinski definition) is 7. The smallest absolute Gasteiger partial charge is 0.336 e. The van der Waals surface area contributed by atoms with Crippen LogP contribution in [0.15, 0.2) is 65.0 Å². The molecule has 172 valence electrons. The number of phenols is 1. The number of benzene rings is 2. The van der Waals surface area contributed by atoms with Gasteiger partial charge in [-0.15, -0.1) is 0 Å². The fourth-order valence-electron chi connectivity index (χ4n) is 4.76. The lowest BCUT2D eigenvalue weighted by molar-refractivity contribution is -0.136. The standard InChI is InChI=1S/C26H27NO6/c1-14-23(26(30)33-4)24(15-5-8-18(28)9-6-15)25-19(27-14)11-17(12-20(25)29)16-7-10-21(31-2)22(13-16)32-3/h5-10,13,17,24,27-28H,11-12H2,1-4H3/t17-,24-/m0/s1. The molecule has 0 amide bonds. The van der Waals surface area contributed by atoms with Gasteiger partial charge in [0, 0.05) is 29.3 Å². The van der Waals surface area contributed by atoms with Gasteiger partial charge in [0.25, 0.3) is 0 Å². The number of esters is 1. The largest absolute Gasteiger partial charge is 0.508 e. The second kappa shape index (κ2) is 9.02. The molecule has 2 N–H and O–H groups in total. The number of methoxy groups -OCH3 is 3. The molecule has 2 aromatic carbocycles. The summed E-state index contributed by atoms with van der Waals surface area (Å²) in [6.45, 7) is 1.81. The summed E-state index contributed by atoms with van der Waals surface area (Å²) in [7, 11) is 4.50. The van der Waals surface area contributed by atoms with Crippen molar-refractivity contribution in [3.8, 4) is 17.2 Å². The van der Waals surface area contributed by atoms with Gasteiger partial charge >= 0.3 is 5.97 Å². The van der Waals surface area contributed by atoms with Crippen molar-refractivity contribution in [2.45, 2.75) is 31.6 Å². The van der Waals surface area contributed by atoms with Crippen LogP contribution in [0, 0.1) is 0 Å². The Kier molecular flexibility index (Phi) is 6.14. The van der Waals surface area contributed by atoms with Crippen molar-refractivity contribution in [1.82, 2.24) is 5.32 Å². The molecular weight excluding hydrogens is 422 g/mol. The number of nitrogens with one attached hydrogen (secondary N) is 1. The molecule has 0 bridgehead atoms. The molecule has 1 aliphatic heterocycles. The Hall–Kier alpha value is -3.74. The lowest BCUT2D eigenvalue weighted by atomic mass is 9.71. The Bertz CT molecular complexity index is 1160. The van der Waals surface area contributed by atoms with Crippen LogP contribution in [-0.2, 0) is 14.3 Å². The number of dihydropyridines is 1. The number of aromatic hydroxyl groups is 1. The van der Waals surface area contributed by atoms with E-state index in [1.807, 2.05) is 25.1 Å². The van der Waals surface area contributed by atoms with Crippen LogP contribution in [0.5, 0.6) is 17.2 Å². The molecule has 1 heterocycles. The highest BCUT2D eigenvalue weighted by Crippen LogP contribution is 2.46. The zero-order chi connectivity index (χ0) is 23.7. The van der Waals surface area contributed by atoms with Gasteiger partial charge in [0.05, 0.1) is 26.9 Å². The minimum Gasteiger partial charge on any atom is -0.508 e. The molecule has 0 saturated carbocycles. The molecule has 2 atom stereocenters. The van der Waals surface area contributed by atoms with Gasteiger partial charge in [0.1, 0.15) is 5.75 Å². The number of ketones is 1. The van der Waals surface area contributed by atoms with Crippen LogP contribution in [0.1, 0.15) is 42.7 Å². The van der Waals surface area contributed by atoms with E-state index in [0.29, 0.717) is 41.2 Å². The van der Waals surface area contributed by atoms with Crippen LogP contribution in [0.4, 0.5) is 0 Å². The first-order chi connectivity index (χ1) is 15.9. The molecule has 4 rings (SSSR count). The number of carbonyl (C=O) groups excluding carboxylic acids is 2. The van der Waals surface area contributed by atoms with E-state index >= 15 is 0 Å². The maximum atomic E-state index is 13.5. The molecule has 0 spiro atoms. The van der Waals surface area contributed by atoms with E-state index in [9.17, 15) is 14.7 Å².